The van der Waals surface area contributed by atoms with Gasteiger partial charge in [0.1, 0.15) is 6.42 Å². The van der Waals surface area contributed by atoms with Crippen molar-refractivity contribution in [1.29, 1.82) is 0 Å². The van der Waals surface area contributed by atoms with E-state index in [2.05, 4.69) is 20.7 Å². The van der Waals surface area contributed by atoms with E-state index in [0.29, 0.717) is 6.61 Å². The van der Waals surface area contributed by atoms with Crippen LogP contribution in [-0.4, -0.2) is 29.0 Å². The molecule has 0 heterocycles. The van der Waals surface area contributed by atoms with E-state index in [0.717, 1.165) is 18.2 Å². The first kappa shape index (κ1) is 11.4. The second-order valence-corrected chi connectivity index (χ2v) is 2.98. The van der Waals surface area contributed by atoms with Gasteiger partial charge in [0.15, 0.2) is 0 Å². The Labute approximate surface area is 79.0 Å². The van der Waals surface area contributed by atoms with Gasteiger partial charge >= 0.3 is 11.9 Å². The molecule has 0 rings (SSSR count). The van der Waals surface area contributed by atoms with E-state index in [1.165, 1.54) is 0 Å². The Bertz CT molecular complexity index is 157. The Kier molecular flexibility index (Phi) is 6.75. The molecule has 12 heavy (non-hydrogen) atoms. The van der Waals surface area contributed by atoms with Gasteiger partial charge in [-0.15, -0.1) is 0 Å². The van der Waals surface area contributed by atoms with Crippen molar-refractivity contribution in [2.24, 2.45) is 0 Å². The van der Waals surface area contributed by atoms with Gasteiger partial charge in [0.2, 0.25) is 0 Å². The van der Waals surface area contributed by atoms with E-state index >= 15 is 0 Å². The number of carboxylic acid groups (broad SMARTS) is 1. The van der Waals surface area contributed by atoms with Crippen molar-refractivity contribution in [3.63, 3.8) is 0 Å². The van der Waals surface area contributed by atoms with Gasteiger partial charge in [0.05, 0.1) is 6.61 Å². The van der Waals surface area contributed by atoms with Crippen LogP contribution in [0.4, 0.5) is 0 Å². The first-order chi connectivity index (χ1) is 5.66. The third-order valence-electron chi connectivity index (χ3n) is 1.09. The molecule has 0 aliphatic rings. The van der Waals surface area contributed by atoms with Gasteiger partial charge in [-0.1, -0.05) is 15.9 Å². The highest BCUT2D eigenvalue weighted by Gasteiger charge is 2.07. The quantitative estimate of drug-likeness (QED) is 0.327. The zero-order chi connectivity index (χ0) is 9.40. The van der Waals surface area contributed by atoms with Crippen molar-refractivity contribution in [3.05, 3.63) is 0 Å². The van der Waals surface area contributed by atoms with Crippen molar-refractivity contribution in [3.8, 4) is 0 Å². The van der Waals surface area contributed by atoms with Gasteiger partial charge in [-0.05, 0) is 12.8 Å². The molecule has 0 aromatic carbocycles. The highest BCUT2D eigenvalue weighted by Crippen LogP contribution is 1.95. The van der Waals surface area contributed by atoms with E-state index in [9.17, 15) is 9.59 Å². The molecule has 0 atom stereocenters. The fraction of sp³-hybridized carbons (Fsp3) is 0.714. The number of carbonyl (C=O) groups excluding carboxylic acids is 1. The van der Waals surface area contributed by atoms with Crippen LogP contribution in [0.2, 0.25) is 0 Å². The number of halogens is 1. The van der Waals surface area contributed by atoms with Crippen LogP contribution in [0.1, 0.15) is 19.3 Å². The third kappa shape index (κ3) is 7.53. The fourth-order valence-electron chi connectivity index (χ4n) is 0.557. The maximum atomic E-state index is 10.6. The molecule has 0 amide bonds. The predicted molar refractivity (Wildman–Crippen MR) is 46.2 cm³/mol. The van der Waals surface area contributed by atoms with Crippen LogP contribution in [0.3, 0.4) is 0 Å². The number of ether oxygens (including phenoxy) is 1. The molecule has 0 radical (unpaired) electrons. The van der Waals surface area contributed by atoms with E-state index in [1.54, 1.807) is 0 Å². The standard InChI is InChI=1S/C7H11BrO4/c8-3-1-2-4-12-7(11)5-6(9)10/h1-5H2,(H,9,10). The summed E-state index contributed by atoms with van der Waals surface area (Å²) in [6.45, 7) is 0.303. The molecule has 0 bridgehead atoms. The molecule has 70 valence electrons. The number of esters is 1. The minimum atomic E-state index is -1.15. The average molecular weight is 239 g/mol. The predicted octanol–water partition coefficient (Wildman–Crippen LogP) is 1.18. The van der Waals surface area contributed by atoms with Crippen LogP contribution in [0.25, 0.3) is 0 Å². The Balaban J connectivity index is 3.26. The first-order valence-corrected chi connectivity index (χ1v) is 4.72. The molecule has 0 aromatic heterocycles. The van der Waals surface area contributed by atoms with Crippen LogP contribution in [0.15, 0.2) is 0 Å². The summed E-state index contributed by atoms with van der Waals surface area (Å²) in [6, 6.07) is 0. The summed E-state index contributed by atoms with van der Waals surface area (Å²) in [5, 5.41) is 9.04. The largest absolute Gasteiger partial charge is 0.481 e. The Hall–Kier alpha value is -0.580. The van der Waals surface area contributed by atoms with Gasteiger partial charge in [-0.3, -0.25) is 9.59 Å². The minimum Gasteiger partial charge on any atom is -0.481 e. The molecular formula is C7H11BrO4. The van der Waals surface area contributed by atoms with E-state index in [4.69, 9.17) is 5.11 Å². The molecule has 5 heteroatoms. The normalized spacial score (nSPS) is 9.42. The number of carboxylic acids is 1. The molecule has 0 aliphatic carbocycles. The lowest BCUT2D eigenvalue weighted by Gasteiger charge is -2.00. The monoisotopic (exact) mass is 238 g/mol. The van der Waals surface area contributed by atoms with Crippen LogP contribution in [-0.2, 0) is 14.3 Å². The summed E-state index contributed by atoms with van der Waals surface area (Å²) < 4.78 is 4.61. The number of aliphatic carboxylic acids is 1. The van der Waals surface area contributed by atoms with Crippen molar-refractivity contribution in [1.82, 2.24) is 0 Å². The smallest absolute Gasteiger partial charge is 0.317 e. The Morgan fingerprint density at radius 2 is 2.00 bits per heavy atom. The lowest BCUT2D eigenvalue weighted by molar-refractivity contribution is -0.151. The summed E-state index contributed by atoms with van der Waals surface area (Å²) in [4.78, 5) is 20.6. The van der Waals surface area contributed by atoms with Gasteiger partial charge in [0.25, 0.3) is 0 Å². The number of hydrogen-bond acceptors (Lipinski definition) is 3. The molecular weight excluding hydrogens is 228 g/mol. The molecule has 0 spiro atoms. The second-order valence-electron chi connectivity index (χ2n) is 2.19. The van der Waals surface area contributed by atoms with Gasteiger partial charge in [-0.25, -0.2) is 0 Å². The van der Waals surface area contributed by atoms with Crippen molar-refractivity contribution < 1.29 is 19.4 Å². The van der Waals surface area contributed by atoms with Crippen LogP contribution < -0.4 is 0 Å². The van der Waals surface area contributed by atoms with Crippen LogP contribution in [0.5, 0.6) is 0 Å². The van der Waals surface area contributed by atoms with Crippen LogP contribution >= 0.6 is 15.9 Å². The molecule has 1 N–H and O–H groups in total. The van der Waals surface area contributed by atoms with E-state index in [1.807, 2.05) is 0 Å². The molecule has 0 aromatic rings. The van der Waals surface area contributed by atoms with Crippen molar-refractivity contribution >= 4 is 27.9 Å². The molecule has 0 saturated carbocycles. The second kappa shape index (κ2) is 7.09. The number of carbonyl (C=O) groups is 2. The zero-order valence-corrected chi connectivity index (χ0v) is 8.17. The SMILES string of the molecule is O=C(O)CC(=O)OCCCCBr. The van der Waals surface area contributed by atoms with Gasteiger partial charge in [0, 0.05) is 5.33 Å². The summed E-state index contributed by atoms with van der Waals surface area (Å²) in [6.07, 6.45) is 1.13. The number of alkyl halides is 1. The summed E-state index contributed by atoms with van der Waals surface area (Å²) in [5.74, 6) is -1.82. The van der Waals surface area contributed by atoms with Crippen LogP contribution in [0, 0.1) is 0 Å². The fourth-order valence-corrected chi connectivity index (χ4v) is 0.954. The molecule has 0 unspecified atom stereocenters. The Morgan fingerprint density at radius 1 is 1.33 bits per heavy atom. The average Bonchev–Trinajstić information content (AvgIpc) is 1.97. The molecule has 0 saturated heterocycles. The molecule has 0 aliphatic heterocycles. The summed E-state index contributed by atoms with van der Waals surface area (Å²) in [7, 11) is 0. The highest BCUT2D eigenvalue weighted by atomic mass is 79.9. The lowest BCUT2D eigenvalue weighted by atomic mass is 10.3. The topological polar surface area (TPSA) is 63.6 Å². The minimum absolute atomic E-state index is 0.303. The van der Waals surface area contributed by atoms with Crippen molar-refractivity contribution in [2.45, 2.75) is 19.3 Å². The van der Waals surface area contributed by atoms with E-state index in [-0.39, 0.29) is 0 Å². The lowest BCUT2D eigenvalue weighted by Crippen LogP contribution is -2.11. The summed E-state index contributed by atoms with van der Waals surface area (Å²) >= 11 is 3.22. The Morgan fingerprint density at radius 3 is 2.50 bits per heavy atom. The van der Waals surface area contributed by atoms with Gasteiger partial charge < -0.3 is 9.84 Å². The molecule has 4 nitrogen and oxygen atoms in total. The summed E-state index contributed by atoms with van der Waals surface area (Å²) in [5.41, 5.74) is 0. The highest BCUT2D eigenvalue weighted by molar-refractivity contribution is 9.09. The first-order valence-electron chi connectivity index (χ1n) is 3.60. The van der Waals surface area contributed by atoms with Gasteiger partial charge in [-0.2, -0.15) is 0 Å². The zero-order valence-electron chi connectivity index (χ0n) is 6.59. The molecule has 0 fully saturated rings. The third-order valence-corrected chi connectivity index (χ3v) is 1.65. The number of hydrogen-bond donors (Lipinski definition) is 1. The number of unbranched alkanes of at least 4 members (excludes halogenated alkanes) is 1. The maximum absolute atomic E-state index is 10.6. The number of rotatable bonds is 6. The maximum Gasteiger partial charge on any atom is 0.317 e. The van der Waals surface area contributed by atoms with E-state index < -0.39 is 18.4 Å². The van der Waals surface area contributed by atoms with Crippen molar-refractivity contribution in [2.75, 3.05) is 11.9 Å².